The molecule has 37 heavy (non-hydrogen) atoms. The molecule has 1 saturated heterocycles. The average Bonchev–Trinajstić information content (AvgIpc) is 3.06. The van der Waals surface area contributed by atoms with Crippen LogP contribution in [-0.4, -0.2) is 64.6 Å². The van der Waals surface area contributed by atoms with Gasteiger partial charge in [0.15, 0.2) is 0 Å². The van der Waals surface area contributed by atoms with Crippen molar-refractivity contribution in [1.29, 1.82) is 0 Å². The maximum atomic E-state index is 13.9. The minimum atomic E-state index is -1.07. The van der Waals surface area contributed by atoms with E-state index in [1.54, 1.807) is 4.90 Å². The van der Waals surface area contributed by atoms with Gasteiger partial charge in [-0.3, -0.25) is 19.2 Å². The van der Waals surface area contributed by atoms with Gasteiger partial charge < -0.3 is 26.6 Å². The molecule has 10 nitrogen and oxygen atoms in total. The van der Waals surface area contributed by atoms with E-state index in [0.717, 1.165) is 19.3 Å². The molecule has 208 valence electrons. The van der Waals surface area contributed by atoms with Crippen molar-refractivity contribution in [2.24, 2.45) is 34.3 Å². The van der Waals surface area contributed by atoms with Crippen molar-refractivity contribution in [2.75, 3.05) is 6.54 Å². The predicted octanol–water partition coefficient (Wildman–Crippen LogP) is 1.71. The van der Waals surface area contributed by atoms with Crippen molar-refractivity contribution in [1.82, 2.24) is 20.9 Å². The van der Waals surface area contributed by atoms with Crippen LogP contribution < -0.4 is 21.7 Å². The van der Waals surface area contributed by atoms with Crippen molar-refractivity contribution >= 4 is 29.5 Å². The number of rotatable bonds is 8. The van der Waals surface area contributed by atoms with Crippen molar-refractivity contribution in [3.63, 3.8) is 0 Å². The first-order valence-corrected chi connectivity index (χ1v) is 13.4. The number of nitrogens with one attached hydrogen (secondary N) is 3. The standard InChI is InChI=1S/C27H45N5O5/c1-25(2,3)20(30-24(37)31-26(4,5)6)23(36)32-13-15-17(27(15,7)8)18(32)22(35)29-16(19(33)21(28)34)12-14-10-9-11-14/h14-18,20H,9-13H2,1-8H3,(H2,28,34)(H,29,35)(H2,30,31,37)/t15?,16-,17?,18-,20+/m0/s1. The second kappa shape index (κ2) is 9.91. The Morgan fingerprint density at radius 3 is 2.05 bits per heavy atom. The largest absolute Gasteiger partial charge is 0.363 e. The summed E-state index contributed by atoms with van der Waals surface area (Å²) in [5.74, 6) is -2.35. The lowest BCUT2D eigenvalue weighted by Gasteiger charge is -2.38. The fraction of sp³-hybridized carbons (Fsp3) is 0.815. The monoisotopic (exact) mass is 519 g/mol. The minimum absolute atomic E-state index is 0.0755. The Hall–Kier alpha value is -2.65. The lowest BCUT2D eigenvalue weighted by atomic mass is 9.80. The zero-order valence-corrected chi connectivity index (χ0v) is 23.6. The molecule has 2 unspecified atom stereocenters. The smallest absolute Gasteiger partial charge is 0.315 e. The summed E-state index contributed by atoms with van der Waals surface area (Å²) in [5.41, 5.74) is 4.04. The summed E-state index contributed by atoms with van der Waals surface area (Å²) in [6.45, 7) is 15.7. The Bertz CT molecular complexity index is 959. The van der Waals surface area contributed by atoms with Crippen LogP contribution in [0.1, 0.15) is 81.1 Å². The molecule has 3 aliphatic rings. The van der Waals surface area contributed by atoms with E-state index in [4.69, 9.17) is 5.73 Å². The molecule has 3 rings (SSSR count). The van der Waals surface area contributed by atoms with Crippen LogP contribution in [0.15, 0.2) is 0 Å². The number of amides is 5. The Balaban J connectivity index is 1.83. The van der Waals surface area contributed by atoms with E-state index in [0.29, 0.717) is 13.0 Å². The highest BCUT2D eigenvalue weighted by molar-refractivity contribution is 6.37. The molecule has 0 aromatic carbocycles. The quantitative estimate of drug-likeness (QED) is 0.360. The van der Waals surface area contributed by atoms with E-state index in [1.165, 1.54) is 0 Å². The van der Waals surface area contributed by atoms with Gasteiger partial charge in [0.05, 0.1) is 6.04 Å². The third-order valence-corrected chi connectivity index (χ3v) is 8.31. The van der Waals surface area contributed by atoms with Gasteiger partial charge in [0.25, 0.3) is 5.91 Å². The number of piperidine rings is 1. The number of ketones is 1. The molecule has 10 heteroatoms. The molecule has 3 fully saturated rings. The Morgan fingerprint density at radius 2 is 1.59 bits per heavy atom. The van der Waals surface area contributed by atoms with Gasteiger partial charge in [0, 0.05) is 12.1 Å². The van der Waals surface area contributed by atoms with Crippen LogP contribution in [0.25, 0.3) is 0 Å². The summed E-state index contributed by atoms with van der Waals surface area (Å²) in [6, 6.07) is -3.13. The molecule has 0 radical (unpaired) electrons. The van der Waals surface area contributed by atoms with E-state index in [9.17, 15) is 24.0 Å². The highest BCUT2D eigenvalue weighted by Gasteiger charge is 2.70. The summed E-state index contributed by atoms with van der Waals surface area (Å²) in [5, 5.41) is 8.44. The molecule has 0 spiro atoms. The lowest BCUT2D eigenvalue weighted by molar-refractivity contribution is -0.145. The van der Waals surface area contributed by atoms with E-state index in [2.05, 4.69) is 29.8 Å². The van der Waals surface area contributed by atoms with Gasteiger partial charge in [-0.15, -0.1) is 0 Å². The fourth-order valence-corrected chi connectivity index (χ4v) is 5.86. The van der Waals surface area contributed by atoms with Gasteiger partial charge in [-0.2, -0.15) is 0 Å². The number of hydrogen-bond acceptors (Lipinski definition) is 5. The zero-order chi connectivity index (χ0) is 28.1. The first kappa shape index (κ1) is 28.9. The number of nitrogens with zero attached hydrogens (tertiary/aromatic N) is 1. The van der Waals surface area contributed by atoms with Crippen molar-refractivity contribution in [3.05, 3.63) is 0 Å². The van der Waals surface area contributed by atoms with Gasteiger partial charge in [0.1, 0.15) is 12.1 Å². The Morgan fingerprint density at radius 1 is 1.00 bits per heavy atom. The number of nitrogens with two attached hydrogens (primary N) is 1. The SMILES string of the molecule is CC(C)(C)NC(=O)N[C@H](C(=O)N1CC2C([C@H]1C(=O)N[C@@H](CC1CCC1)C(=O)C(N)=O)C2(C)C)C(C)(C)C. The second-order valence-corrected chi connectivity index (χ2v) is 13.9. The third-order valence-electron chi connectivity index (χ3n) is 8.31. The zero-order valence-electron chi connectivity index (χ0n) is 23.6. The van der Waals surface area contributed by atoms with Crippen LogP contribution >= 0.6 is 0 Å². The second-order valence-electron chi connectivity index (χ2n) is 13.9. The summed E-state index contributed by atoms with van der Waals surface area (Å²) < 4.78 is 0. The molecule has 5 amide bonds. The van der Waals surface area contributed by atoms with Crippen LogP contribution in [0.5, 0.6) is 0 Å². The minimum Gasteiger partial charge on any atom is -0.363 e. The van der Waals surface area contributed by atoms with Gasteiger partial charge in [0.2, 0.25) is 17.6 Å². The molecule has 2 aliphatic carbocycles. The van der Waals surface area contributed by atoms with Crippen LogP contribution in [0.3, 0.4) is 0 Å². The van der Waals surface area contributed by atoms with Crippen LogP contribution in [0.4, 0.5) is 4.79 Å². The van der Waals surface area contributed by atoms with Crippen LogP contribution in [0.2, 0.25) is 0 Å². The number of likely N-dealkylation sites (tertiary alicyclic amines) is 1. The lowest BCUT2D eigenvalue weighted by Crippen LogP contribution is -2.62. The normalized spacial score (nSPS) is 26.3. The van der Waals surface area contributed by atoms with Gasteiger partial charge in [-0.05, 0) is 55.8 Å². The average molecular weight is 520 g/mol. The number of Topliss-reactive ketones (excluding diaryl/α,β-unsaturated/α-hetero) is 1. The number of urea groups is 1. The number of carbonyl (C=O) groups excluding carboxylic acids is 5. The molecule has 0 aromatic heterocycles. The number of fused-ring (bicyclic) bond motifs is 1. The number of carbonyl (C=O) groups is 5. The maximum Gasteiger partial charge on any atom is 0.315 e. The van der Waals surface area contributed by atoms with Gasteiger partial charge >= 0.3 is 6.03 Å². The van der Waals surface area contributed by atoms with E-state index in [-0.39, 0.29) is 29.1 Å². The highest BCUT2D eigenvalue weighted by Crippen LogP contribution is 2.65. The predicted molar refractivity (Wildman–Crippen MR) is 139 cm³/mol. The maximum absolute atomic E-state index is 13.9. The number of hydrogen-bond donors (Lipinski definition) is 4. The third kappa shape index (κ3) is 6.26. The van der Waals surface area contributed by atoms with Crippen molar-refractivity contribution in [3.8, 4) is 0 Å². The van der Waals surface area contributed by atoms with E-state index >= 15 is 0 Å². The van der Waals surface area contributed by atoms with Gasteiger partial charge in [-0.1, -0.05) is 53.9 Å². The molecule has 5 atom stereocenters. The van der Waals surface area contributed by atoms with Crippen LogP contribution in [-0.2, 0) is 19.2 Å². The first-order valence-electron chi connectivity index (χ1n) is 13.4. The van der Waals surface area contributed by atoms with E-state index < -0.39 is 52.7 Å². The summed E-state index contributed by atoms with van der Waals surface area (Å²) >= 11 is 0. The van der Waals surface area contributed by atoms with Crippen LogP contribution in [0, 0.1) is 28.6 Å². The number of primary amides is 1. The Labute approximate surface area is 220 Å². The van der Waals surface area contributed by atoms with Gasteiger partial charge in [-0.25, -0.2) is 4.79 Å². The highest BCUT2D eigenvalue weighted by atomic mass is 16.2. The molecule has 2 saturated carbocycles. The fourth-order valence-electron chi connectivity index (χ4n) is 5.86. The first-order chi connectivity index (χ1) is 16.8. The van der Waals surface area contributed by atoms with E-state index in [1.807, 2.05) is 41.5 Å². The molecular formula is C27H45N5O5. The molecule has 1 heterocycles. The molecule has 0 aromatic rings. The van der Waals surface area contributed by atoms with Crippen molar-refractivity contribution in [2.45, 2.75) is 105 Å². The summed E-state index contributed by atoms with van der Waals surface area (Å²) in [7, 11) is 0. The molecule has 0 bridgehead atoms. The molecule has 1 aliphatic heterocycles. The molecular weight excluding hydrogens is 474 g/mol. The molecule has 5 N–H and O–H groups in total. The summed E-state index contributed by atoms with van der Waals surface area (Å²) in [4.78, 5) is 66.1. The van der Waals surface area contributed by atoms with Crippen molar-refractivity contribution < 1.29 is 24.0 Å². The summed E-state index contributed by atoms with van der Waals surface area (Å²) in [6.07, 6.45) is 3.31. The Kier molecular flexibility index (Phi) is 7.74. The topological polar surface area (TPSA) is 151 Å².